The van der Waals surface area contributed by atoms with Crippen LogP contribution < -0.4 is 10.9 Å². The third-order valence-electron chi connectivity index (χ3n) is 6.08. The summed E-state index contributed by atoms with van der Waals surface area (Å²) in [6.07, 6.45) is 2.85. The van der Waals surface area contributed by atoms with Crippen LogP contribution in [0.15, 0.2) is 53.7 Å². The molecular weight excluding hydrogens is 488 g/mol. The molecule has 2 amide bonds. The quantitative estimate of drug-likeness (QED) is 0.331. The number of aromatic nitrogens is 3. The van der Waals surface area contributed by atoms with Crippen LogP contribution in [0.2, 0.25) is 0 Å². The lowest BCUT2D eigenvalue weighted by atomic mass is 10.0. The molecule has 1 aliphatic heterocycles. The molecule has 1 aromatic carbocycles. The molecule has 4 rings (SSSR count). The number of carbonyl (C=O) groups is 2. The van der Waals surface area contributed by atoms with Gasteiger partial charge in [-0.2, -0.15) is 0 Å². The number of aromatic hydroxyl groups is 1. The average Bonchev–Trinajstić information content (AvgIpc) is 3.22. The van der Waals surface area contributed by atoms with Gasteiger partial charge in [0.2, 0.25) is 5.75 Å². The largest absolute Gasteiger partial charge is 0.502 e. The van der Waals surface area contributed by atoms with E-state index in [4.69, 9.17) is 5.11 Å². The van der Waals surface area contributed by atoms with E-state index in [1.165, 1.54) is 6.33 Å². The molecule has 0 radical (unpaired) electrons. The Hall–Kier alpha value is -4.69. The van der Waals surface area contributed by atoms with Crippen molar-refractivity contribution in [1.82, 2.24) is 30.1 Å². The van der Waals surface area contributed by atoms with Crippen molar-refractivity contribution in [3.05, 3.63) is 87.4 Å². The summed E-state index contributed by atoms with van der Waals surface area (Å²) in [6.45, 7) is 4.53. The van der Waals surface area contributed by atoms with Crippen molar-refractivity contribution in [3.63, 3.8) is 0 Å². The summed E-state index contributed by atoms with van der Waals surface area (Å²) in [4.78, 5) is 49.4. The number of urea groups is 1. The molecule has 196 valence electrons. The van der Waals surface area contributed by atoms with Crippen molar-refractivity contribution >= 4 is 12.0 Å². The maximum atomic E-state index is 13.2. The second kappa shape index (κ2) is 11.6. The van der Waals surface area contributed by atoms with E-state index in [0.29, 0.717) is 13.1 Å². The zero-order valence-corrected chi connectivity index (χ0v) is 21.0. The Balaban J connectivity index is 1.44. The lowest BCUT2D eigenvalue weighted by Crippen LogP contribution is -2.37. The number of hydrogen-bond donors (Lipinski definition) is 4. The van der Waals surface area contributed by atoms with Gasteiger partial charge < -0.3 is 30.3 Å². The summed E-state index contributed by atoms with van der Waals surface area (Å²) in [7, 11) is 0. The molecule has 11 nitrogen and oxygen atoms in total. The summed E-state index contributed by atoms with van der Waals surface area (Å²) in [6, 6.07) is 10.9. The third-order valence-corrected chi connectivity index (χ3v) is 6.08. The average molecular weight is 517 g/mol. The highest BCUT2D eigenvalue weighted by Crippen LogP contribution is 2.32. The highest BCUT2D eigenvalue weighted by atomic mass is 16.4. The molecule has 4 N–H and O–H groups in total. The van der Waals surface area contributed by atoms with Crippen molar-refractivity contribution in [2.75, 3.05) is 13.1 Å². The molecule has 0 aliphatic carbocycles. The monoisotopic (exact) mass is 516 g/mol. The van der Waals surface area contributed by atoms with Gasteiger partial charge in [-0.05, 0) is 43.7 Å². The van der Waals surface area contributed by atoms with Crippen molar-refractivity contribution < 1.29 is 19.8 Å². The predicted molar refractivity (Wildman–Crippen MR) is 138 cm³/mol. The third kappa shape index (κ3) is 6.16. The van der Waals surface area contributed by atoms with E-state index in [1.54, 1.807) is 22.1 Å². The van der Waals surface area contributed by atoms with Crippen LogP contribution in [0.25, 0.3) is 0 Å². The number of pyridine rings is 1. The van der Waals surface area contributed by atoms with Crippen LogP contribution in [0.1, 0.15) is 48.0 Å². The van der Waals surface area contributed by atoms with E-state index < -0.39 is 17.3 Å². The fraction of sp³-hybridized carbons (Fsp3) is 0.296. The number of carboxylic acids is 1. The Morgan fingerprint density at radius 3 is 2.50 bits per heavy atom. The molecule has 3 aromatic rings. The minimum atomic E-state index is -0.921. The van der Waals surface area contributed by atoms with Gasteiger partial charge >= 0.3 is 12.0 Å². The van der Waals surface area contributed by atoms with E-state index in [2.05, 4.69) is 32.1 Å². The number of aliphatic carboxylic acids is 1. The van der Waals surface area contributed by atoms with Gasteiger partial charge in [-0.25, -0.2) is 9.78 Å². The van der Waals surface area contributed by atoms with Gasteiger partial charge in [-0.1, -0.05) is 24.0 Å². The van der Waals surface area contributed by atoms with Crippen LogP contribution in [0, 0.1) is 11.8 Å². The molecule has 1 aliphatic rings. The molecule has 38 heavy (non-hydrogen) atoms. The minimum Gasteiger partial charge on any atom is -0.502 e. The molecule has 1 fully saturated rings. The van der Waals surface area contributed by atoms with Gasteiger partial charge in [0.1, 0.15) is 5.69 Å². The SMILES string of the molecule is CC(C)N1C(=O)N(Cc2nc[nH]c(=O)c2O)CC1c1ccc(C#Cc2ccc(CNCC(=O)O)nc2)cc1. The normalized spacial score (nSPS) is 15.0. The number of hydrogen-bond acceptors (Lipinski definition) is 7. The molecule has 1 atom stereocenters. The highest BCUT2D eigenvalue weighted by molar-refractivity contribution is 5.78. The van der Waals surface area contributed by atoms with Gasteiger partial charge in [0.05, 0.1) is 31.2 Å². The Kier molecular flexibility index (Phi) is 8.03. The predicted octanol–water partition coefficient (Wildman–Crippen LogP) is 1.83. The van der Waals surface area contributed by atoms with Crippen LogP contribution >= 0.6 is 0 Å². The Morgan fingerprint density at radius 1 is 1.13 bits per heavy atom. The molecule has 0 bridgehead atoms. The number of H-pyrrole nitrogens is 1. The molecule has 2 aromatic heterocycles. The van der Waals surface area contributed by atoms with E-state index in [0.717, 1.165) is 22.4 Å². The summed E-state index contributed by atoms with van der Waals surface area (Å²) >= 11 is 0. The zero-order valence-electron chi connectivity index (χ0n) is 21.0. The van der Waals surface area contributed by atoms with E-state index >= 15 is 0 Å². The number of aromatic amines is 1. The molecule has 0 saturated carbocycles. The van der Waals surface area contributed by atoms with E-state index in [9.17, 15) is 19.5 Å². The first kappa shape index (κ1) is 26.4. The van der Waals surface area contributed by atoms with Crippen LogP contribution in [-0.2, 0) is 17.9 Å². The highest BCUT2D eigenvalue weighted by Gasteiger charge is 2.39. The fourth-order valence-electron chi connectivity index (χ4n) is 4.21. The van der Waals surface area contributed by atoms with Gasteiger partial charge in [0, 0.05) is 36.5 Å². The lowest BCUT2D eigenvalue weighted by Gasteiger charge is -2.27. The number of rotatable bonds is 8. The summed E-state index contributed by atoms with van der Waals surface area (Å²) in [5.74, 6) is 4.78. The first-order valence-corrected chi connectivity index (χ1v) is 12.0. The van der Waals surface area contributed by atoms with Crippen LogP contribution in [0.3, 0.4) is 0 Å². The molecule has 0 spiro atoms. The summed E-state index contributed by atoms with van der Waals surface area (Å²) < 4.78 is 0. The molecular formula is C27H28N6O5. The van der Waals surface area contributed by atoms with Crippen molar-refractivity contribution in [1.29, 1.82) is 0 Å². The Labute approximate surface area is 219 Å². The first-order valence-electron chi connectivity index (χ1n) is 12.0. The molecule has 1 saturated heterocycles. The van der Waals surface area contributed by atoms with E-state index in [1.807, 2.05) is 44.2 Å². The van der Waals surface area contributed by atoms with Gasteiger partial charge in [-0.15, -0.1) is 0 Å². The van der Waals surface area contributed by atoms with Crippen LogP contribution in [-0.4, -0.2) is 66.1 Å². The zero-order chi connectivity index (χ0) is 27.2. The molecule has 3 heterocycles. The summed E-state index contributed by atoms with van der Waals surface area (Å²) in [5, 5.41) is 21.5. The van der Waals surface area contributed by atoms with Gasteiger partial charge in [0.25, 0.3) is 5.56 Å². The summed E-state index contributed by atoms with van der Waals surface area (Å²) in [5.41, 5.74) is 2.71. The topological polar surface area (TPSA) is 152 Å². The molecule has 1 unspecified atom stereocenters. The van der Waals surface area contributed by atoms with Gasteiger partial charge in [-0.3, -0.25) is 14.6 Å². The molecule has 11 heteroatoms. The smallest absolute Gasteiger partial charge is 0.321 e. The second-order valence-corrected chi connectivity index (χ2v) is 9.11. The number of nitrogens with one attached hydrogen (secondary N) is 2. The van der Waals surface area contributed by atoms with Crippen LogP contribution in [0.4, 0.5) is 4.79 Å². The van der Waals surface area contributed by atoms with Crippen molar-refractivity contribution in [2.45, 2.75) is 39.0 Å². The van der Waals surface area contributed by atoms with Gasteiger partial charge in [0.15, 0.2) is 0 Å². The second-order valence-electron chi connectivity index (χ2n) is 9.11. The number of carboxylic acid groups (broad SMARTS) is 1. The fourth-order valence-corrected chi connectivity index (χ4v) is 4.21. The first-order chi connectivity index (χ1) is 18.2. The minimum absolute atomic E-state index is 0.0281. The van der Waals surface area contributed by atoms with E-state index in [-0.39, 0.29) is 36.9 Å². The maximum absolute atomic E-state index is 13.2. The van der Waals surface area contributed by atoms with Crippen LogP contribution in [0.5, 0.6) is 5.75 Å². The number of nitrogens with zero attached hydrogens (tertiary/aromatic N) is 4. The number of amides is 2. The van der Waals surface area contributed by atoms with Crippen molar-refractivity contribution in [2.24, 2.45) is 0 Å². The standard InChI is InChI=1S/C27H28N6O5/c1-17(2)33-23(15-32(27(33)38)14-22-25(36)26(37)31-16-30-22)20-8-5-18(6-9-20)3-4-19-7-10-21(29-11-19)12-28-13-24(34)35/h5-11,16-17,23,28,36H,12-15H2,1-2H3,(H,34,35)(H,30,31,37). The maximum Gasteiger partial charge on any atom is 0.321 e. The number of benzene rings is 1. The van der Waals surface area contributed by atoms with Crippen molar-refractivity contribution in [3.8, 4) is 17.6 Å². The Bertz CT molecular complexity index is 1420. The lowest BCUT2D eigenvalue weighted by molar-refractivity contribution is -0.136. The number of carbonyl (C=O) groups excluding carboxylic acids is 1. The Morgan fingerprint density at radius 2 is 1.84 bits per heavy atom.